The molecule has 0 saturated carbocycles. The quantitative estimate of drug-likeness (QED) is 0.698. The number of hydrogen-bond donors (Lipinski definition) is 0. The first-order chi connectivity index (χ1) is 7.79. The van der Waals surface area contributed by atoms with Crippen LogP contribution in [0.4, 0.5) is 0 Å². The largest absolute Gasteiger partial charge is 0.289 e. The predicted molar refractivity (Wildman–Crippen MR) is 60.0 cm³/mol. The lowest BCUT2D eigenvalue weighted by Gasteiger charge is -2.25. The van der Waals surface area contributed by atoms with Crippen LogP contribution in [0.2, 0.25) is 0 Å². The van der Waals surface area contributed by atoms with Crippen LogP contribution in [0, 0.1) is 0 Å². The van der Waals surface area contributed by atoms with Gasteiger partial charge in [-0.2, -0.15) is 0 Å². The molecular formula is C14H8O2. The van der Waals surface area contributed by atoms with Gasteiger partial charge in [-0.1, -0.05) is 48.6 Å². The van der Waals surface area contributed by atoms with E-state index in [1.165, 1.54) is 0 Å². The van der Waals surface area contributed by atoms with Gasteiger partial charge in [-0.15, -0.1) is 0 Å². The average Bonchev–Trinajstić information content (AvgIpc) is 2.38. The summed E-state index contributed by atoms with van der Waals surface area (Å²) in [5.74, 6) is -0.0763. The number of carbonyl (C=O) groups is 2. The number of hydrogen-bond acceptors (Lipinski definition) is 2. The molecular weight excluding hydrogens is 200 g/mol. The second-order valence-electron chi connectivity index (χ2n) is 3.75. The average molecular weight is 208 g/mol. The Labute approximate surface area is 92.6 Å². The molecule has 2 nitrogen and oxygen atoms in total. The molecule has 0 fully saturated rings. The van der Waals surface area contributed by atoms with E-state index in [9.17, 15) is 9.59 Å². The molecule has 2 heteroatoms. The van der Waals surface area contributed by atoms with Crippen molar-refractivity contribution in [2.24, 2.45) is 0 Å². The third kappa shape index (κ3) is 1.07. The van der Waals surface area contributed by atoms with Crippen molar-refractivity contribution < 1.29 is 9.59 Å². The summed E-state index contributed by atoms with van der Waals surface area (Å²) in [6.07, 6.45) is 5.20. The Morgan fingerprint density at radius 1 is 1.06 bits per heavy atom. The van der Waals surface area contributed by atoms with E-state index in [0.29, 0.717) is 22.3 Å². The lowest BCUT2D eigenvalue weighted by atomic mass is 9.75. The molecule has 0 spiro atoms. The molecule has 1 aromatic carbocycles. The van der Waals surface area contributed by atoms with E-state index in [4.69, 9.17) is 0 Å². The Kier molecular flexibility index (Phi) is 1.77. The van der Waals surface area contributed by atoms with E-state index in [1.54, 1.807) is 30.4 Å². The normalized spacial score (nSPS) is 17.0. The summed E-state index contributed by atoms with van der Waals surface area (Å²) in [7, 11) is 0. The van der Waals surface area contributed by atoms with Gasteiger partial charge < -0.3 is 0 Å². The SMILES string of the molecule is O=C1c2cccc1c2C(=O)c1ccccc1. The minimum atomic E-state index is -0.0641. The van der Waals surface area contributed by atoms with E-state index in [2.05, 4.69) is 0 Å². The lowest BCUT2D eigenvalue weighted by molar-refractivity contribution is -0.112. The molecule has 16 heavy (non-hydrogen) atoms. The predicted octanol–water partition coefficient (Wildman–Crippen LogP) is 2.24. The fourth-order valence-corrected chi connectivity index (χ4v) is 1.99. The molecule has 0 unspecified atom stereocenters. The van der Waals surface area contributed by atoms with Crippen LogP contribution >= 0.6 is 0 Å². The molecule has 0 heterocycles. The molecule has 0 aromatic heterocycles. The van der Waals surface area contributed by atoms with Crippen LogP contribution in [0.1, 0.15) is 10.4 Å². The summed E-state index contributed by atoms with van der Waals surface area (Å²) >= 11 is 0. The van der Waals surface area contributed by atoms with Crippen molar-refractivity contribution in [2.75, 3.05) is 0 Å². The highest BCUT2D eigenvalue weighted by Gasteiger charge is 2.37. The molecule has 0 saturated heterocycles. The zero-order valence-corrected chi connectivity index (χ0v) is 8.44. The van der Waals surface area contributed by atoms with Gasteiger partial charge in [-0.05, 0) is 0 Å². The molecule has 0 N–H and O–H groups in total. The van der Waals surface area contributed by atoms with Crippen LogP contribution in [0.3, 0.4) is 0 Å². The Morgan fingerprint density at radius 2 is 1.81 bits per heavy atom. The summed E-state index contributed by atoms with van der Waals surface area (Å²) in [5, 5.41) is 0. The summed E-state index contributed by atoms with van der Waals surface area (Å²) in [6, 6.07) is 9.02. The van der Waals surface area contributed by atoms with Gasteiger partial charge in [0.1, 0.15) is 0 Å². The minimum absolute atomic E-state index is 0.0122. The van der Waals surface area contributed by atoms with Crippen LogP contribution in [-0.4, -0.2) is 11.6 Å². The third-order valence-corrected chi connectivity index (χ3v) is 2.82. The van der Waals surface area contributed by atoms with Crippen LogP contribution in [0.25, 0.3) is 0 Å². The van der Waals surface area contributed by atoms with E-state index in [-0.39, 0.29) is 11.6 Å². The molecule has 0 amide bonds. The zero-order valence-electron chi connectivity index (χ0n) is 8.44. The number of fused-ring (bicyclic) bond motifs is 2. The molecule has 0 atom stereocenters. The number of carbonyl (C=O) groups excluding carboxylic acids is 2. The van der Waals surface area contributed by atoms with Gasteiger partial charge in [0.25, 0.3) is 0 Å². The number of benzene rings is 1. The van der Waals surface area contributed by atoms with Crippen molar-refractivity contribution in [3.05, 3.63) is 70.8 Å². The number of ketones is 2. The first-order valence-electron chi connectivity index (χ1n) is 5.06. The second kappa shape index (κ2) is 3.14. The van der Waals surface area contributed by atoms with Crippen molar-refractivity contribution >= 4 is 11.6 Å². The molecule has 2 aliphatic carbocycles. The van der Waals surface area contributed by atoms with Gasteiger partial charge in [0, 0.05) is 22.3 Å². The molecule has 0 radical (unpaired) electrons. The van der Waals surface area contributed by atoms with Crippen molar-refractivity contribution in [3.8, 4) is 0 Å². The maximum Gasteiger partial charge on any atom is 0.194 e. The van der Waals surface area contributed by atoms with Gasteiger partial charge in [0.15, 0.2) is 11.6 Å². The molecule has 76 valence electrons. The Hall–Kier alpha value is -2.22. The lowest BCUT2D eigenvalue weighted by Crippen LogP contribution is -2.28. The maximum absolute atomic E-state index is 12.1. The van der Waals surface area contributed by atoms with Crippen LogP contribution in [0.5, 0.6) is 0 Å². The first kappa shape index (κ1) is 9.04. The summed E-state index contributed by atoms with van der Waals surface area (Å²) in [6.45, 7) is 0. The Morgan fingerprint density at radius 3 is 2.38 bits per heavy atom. The minimum Gasteiger partial charge on any atom is -0.289 e. The van der Waals surface area contributed by atoms with E-state index in [1.807, 2.05) is 18.2 Å². The van der Waals surface area contributed by atoms with Gasteiger partial charge in [0.2, 0.25) is 0 Å². The topological polar surface area (TPSA) is 34.1 Å². The Bertz CT molecular complexity index is 586. The molecule has 3 rings (SSSR count). The Balaban J connectivity index is 2.07. The first-order valence-corrected chi connectivity index (χ1v) is 5.06. The summed E-state index contributed by atoms with van der Waals surface area (Å²) < 4.78 is 0. The van der Waals surface area contributed by atoms with Crippen LogP contribution in [0.15, 0.2) is 65.3 Å². The molecule has 2 aliphatic rings. The second-order valence-corrected chi connectivity index (χ2v) is 3.75. The maximum atomic E-state index is 12.1. The van der Waals surface area contributed by atoms with Gasteiger partial charge >= 0.3 is 0 Å². The number of Topliss-reactive ketones (excluding diaryl/α,β-unsaturated/α-hetero) is 2. The van der Waals surface area contributed by atoms with Crippen LogP contribution < -0.4 is 0 Å². The van der Waals surface area contributed by atoms with E-state index in [0.717, 1.165) is 0 Å². The van der Waals surface area contributed by atoms with Crippen LogP contribution in [-0.2, 0) is 4.79 Å². The van der Waals surface area contributed by atoms with Crippen molar-refractivity contribution in [2.45, 2.75) is 0 Å². The highest BCUT2D eigenvalue weighted by molar-refractivity contribution is 6.34. The number of allylic oxidation sites excluding steroid dienone is 6. The highest BCUT2D eigenvalue weighted by atomic mass is 16.1. The van der Waals surface area contributed by atoms with Gasteiger partial charge in [-0.3, -0.25) is 9.59 Å². The fraction of sp³-hybridized carbons (Fsp3) is 0. The van der Waals surface area contributed by atoms with Gasteiger partial charge in [0.05, 0.1) is 0 Å². The number of rotatable bonds is 2. The molecule has 2 bridgehead atoms. The van der Waals surface area contributed by atoms with Crippen molar-refractivity contribution in [1.29, 1.82) is 0 Å². The molecule has 1 aromatic rings. The van der Waals surface area contributed by atoms with E-state index >= 15 is 0 Å². The van der Waals surface area contributed by atoms with E-state index < -0.39 is 0 Å². The van der Waals surface area contributed by atoms with Gasteiger partial charge in [-0.25, -0.2) is 0 Å². The summed E-state index contributed by atoms with van der Waals surface area (Å²) in [4.78, 5) is 23.6. The highest BCUT2D eigenvalue weighted by Crippen LogP contribution is 2.36. The van der Waals surface area contributed by atoms with Crippen molar-refractivity contribution in [1.82, 2.24) is 0 Å². The monoisotopic (exact) mass is 208 g/mol. The zero-order chi connectivity index (χ0) is 11.1. The standard InChI is InChI=1S/C14H8O2/c15-13(9-5-2-1-3-6-9)12-10-7-4-8-11(12)14(10)16/h1-8H. The third-order valence-electron chi connectivity index (χ3n) is 2.82. The smallest absolute Gasteiger partial charge is 0.194 e. The summed E-state index contributed by atoms with van der Waals surface area (Å²) in [5.41, 5.74) is 2.29. The molecule has 0 aliphatic heterocycles. The van der Waals surface area contributed by atoms with Crippen molar-refractivity contribution in [3.63, 3.8) is 0 Å². The fourth-order valence-electron chi connectivity index (χ4n) is 1.99.